The molecule has 0 fully saturated rings. The highest BCUT2D eigenvalue weighted by atomic mass is 35.5. The van der Waals surface area contributed by atoms with Gasteiger partial charge in [0.1, 0.15) is 5.82 Å². The van der Waals surface area contributed by atoms with Gasteiger partial charge in [-0.05, 0) is 18.2 Å². The van der Waals surface area contributed by atoms with E-state index in [2.05, 4.69) is 9.97 Å². The van der Waals surface area contributed by atoms with Gasteiger partial charge in [-0.25, -0.2) is 14.2 Å². The molecular weight excluding hydrogens is 263 g/mol. The molecule has 0 amide bonds. The van der Waals surface area contributed by atoms with Crippen LogP contribution in [0.2, 0.25) is 5.02 Å². The first-order valence-corrected chi connectivity index (χ1v) is 6.14. The fourth-order valence-electron chi connectivity index (χ4n) is 1.26. The van der Waals surface area contributed by atoms with Gasteiger partial charge in [0.25, 0.3) is 0 Å². The van der Waals surface area contributed by atoms with Gasteiger partial charge in [-0.2, -0.15) is 0 Å². The van der Waals surface area contributed by atoms with Crippen LogP contribution in [-0.2, 0) is 5.75 Å². The fraction of sp³-hybridized carbons (Fsp3) is 0.0909. The number of nitrogens with zero attached hydrogens (tertiary/aromatic N) is 1. The predicted molar refractivity (Wildman–Crippen MR) is 65.8 cm³/mol. The summed E-state index contributed by atoms with van der Waals surface area (Å²) in [6.45, 7) is 0. The number of halogens is 2. The molecule has 0 atom stereocenters. The van der Waals surface area contributed by atoms with Crippen LogP contribution in [0.1, 0.15) is 5.56 Å². The molecule has 1 aromatic carbocycles. The minimum absolute atomic E-state index is 0.346. The van der Waals surface area contributed by atoms with E-state index in [0.717, 1.165) is 0 Å². The number of aromatic amines is 1. The Morgan fingerprint density at radius 1 is 1.41 bits per heavy atom. The van der Waals surface area contributed by atoms with Gasteiger partial charge in [-0.15, -0.1) is 11.8 Å². The van der Waals surface area contributed by atoms with Crippen LogP contribution >= 0.6 is 23.4 Å². The zero-order valence-corrected chi connectivity index (χ0v) is 10.2. The highest BCUT2D eigenvalue weighted by Gasteiger charge is 2.07. The van der Waals surface area contributed by atoms with Gasteiger partial charge in [0.2, 0.25) is 0 Å². The number of H-pyrrole nitrogens is 1. The monoisotopic (exact) mass is 270 g/mol. The second-order valence-corrected chi connectivity index (χ2v) is 4.65. The second-order valence-electron chi connectivity index (χ2n) is 3.23. The number of benzene rings is 1. The maximum Gasteiger partial charge on any atom is 0.345 e. The van der Waals surface area contributed by atoms with E-state index in [0.29, 0.717) is 21.4 Å². The largest absolute Gasteiger partial charge is 0.345 e. The molecule has 2 rings (SSSR count). The number of hydrogen-bond donors (Lipinski definition) is 1. The van der Waals surface area contributed by atoms with Crippen LogP contribution in [-0.4, -0.2) is 9.97 Å². The van der Waals surface area contributed by atoms with Crippen LogP contribution < -0.4 is 5.69 Å². The first-order valence-electron chi connectivity index (χ1n) is 4.78. The predicted octanol–water partition coefficient (Wildman–Crippen LogP) is 2.85. The van der Waals surface area contributed by atoms with Crippen LogP contribution in [0.3, 0.4) is 0 Å². The molecular formula is C11H8ClFN2OS. The van der Waals surface area contributed by atoms with Crippen molar-refractivity contribution in [2.24, 2.45) is 0 Å². The van der Waals surface area contributed by atoms with Gasteiger partial charge in [0.05, 0.1) is 5.03 Å². The van der Waals surface area contributed by atoms with Gasteiger partial charge in [-0.3, -0.25) is 0 Å². The molecule has 1 heterocycles. The molecule has 0 saturated carbocycles. The smallest absolute Gasteiger partial charge is 0.300 e. The summed E-state index contributed by atoms with van der Waals surface area (Å²) < 4.78 is 13.5. The van der Waals surface area contributed by atoms with E-state index < -0.39 is 5.69 Å². The highest BCUT2D eigenvalue weighted by molar-refractivity contribution is 7.98. The summed E-state index contributed by atoms with van der Waals surface area (Å²) in [6.07, 6.45) is 1.41. The van der Waals surface area contributed by atoms with Crippen molar-refractivity contribution in [2.75, 3.05) is 0 Å². The molecule has 0 radical (unpaired) electrons. The normalized spacial score (nSPS) is 10.5. The molecule has 0 saturated heterocycles. The van der Waals surface area contributed by atoms with Crippen molar-refractivity contribution in [2.45, 2.75) is 10.8 Å². The molecule has 1 N–H and O–H groups in total. The average molecular weight is 271 g/mol. The Hall–Kier alpha value is -1.33. The molecule has 2 aromatic rings. The SMILES string of the molecule is O=c1nccc(SCc2c(F)cccc2Cl)[nH]1. The first kappa shape index (κ1) is 12.1. The summed E-state index contributed by atoms with van der Waals surface area (Å²) in [5.74, 6) is 0.00672. The van der Waals surface area contributed by atoms with E-state index in [-0.39, 0.29) is 5.82 Å². The third-order valence-corrected chi connectivity index (χ3v) is 3.42. The van der Waals surface area contributed by atoms with E-state index in [1.165, 1.54) is 24.0 Å². The van der Waals surface area contributed by atoms with E-state index in [1.54, 1.807) is 18.2 Å². The summed E-state index contributed by atoms with van der Waals surface area (Å²) >= 11 is 7.19. The zero-order chi connectivity index (χ0) is 12.3. The maximum atomic E-state index is 13.5. The molecule has 17 heavy (non-hydrogen) atoms. The van der Waals surface area contributed by atoms with Crippen molar-refractivity contribution in [1.82, 2.24) is 9.97 Å². The van der Waals surface area contributed by atoms with Crippen molar-refractivity contribution < 1.29 is 4.39 Å². The van der Waals surface area contributed by atoms with Crippen LogP contribution in [0.25, 0.3) is 0 Å². The van der Waals surface area contributed by atoms with E-state index in [1.807, 2.05) is 0 Å². The van der Waals surface area contributed by atoms with Crippen LogP contribution in [0.15, 0.2) is 40.3 Å². The Morgan fingerprint density at radius 3 is 2.94 bits per heavy atom. The third kappa shape index (κ3) is 3.08. The van der Waals surface area contributed by atoms with Crippen molar-refractivity contribution >= 4 is 23.4 Å². The van der Waals surface area contributed by atoms with Crippen LogP contribution in [0.4, 0.5) is 4.39 Å². The highest BCUT2D eigenvalue weighted by Crippen LogP contribution is 2.26. The number of aromatic nitrogens is 2. The third-order valence-electron chi connectivity index (χ3n) is 2.08. The van der Waals surface area contributed by atoms with Gasteiger partial charge in [-0.1, -0.05) is 17.7 Å². The average Bonchev–Trinajstić information content (AvgIpc) is 2.28. The Labute approximate surface area is 106 Å². The Morgan fingerprint density at radius 2 is 2.24 bits per heavy atom. The molecule has 0 spiro atoms. The van der Waals surface area contributed by atoms with Crippen molar-refractivity contribution in [3.8, 4) is 0 Å². The molecule has 88 valence electrons. The second kappa shape index (κ2) is 5.33. The Balaban J connectivity index is 2.15. The van der Waals surface area contributed by atoms with E-state index >= 15 is 0 Å². The molecule has 0 aliphatic rings. The Bertz CT molecular complexity index is 567. The topological polar surface area (TPSA) is 45.8 Å². The van der Waals surface area contributed by atoms with Gasteiger partial charge >= 0.3 is 5.69 Å². The van der Waals surface area contributed by atoms with Crippen LogP contribution in [0.5, 0.6) is 0 Å². The van der Waals surface area contributed by atoms with Crippen molar-refractivity contribution in [1.29, 1.82) is 0 Å². The van der Waals surface area contributed by atoms with Gasteiger partial charge < -0.3 is 4.98 Å². The lowest BCUT2D eigenvalue weighted by Gasteiger charge is -2.05. The zero-order valence-electron chi connectivity index (χ0n) is 8.61. The first-order chi connectivity index (χ1) is 8.16. The Kier molecular flexibility index (Phi) is 3.81. The van der Waals surface area contributed by atoms with E-state index in [9.17, 15) is 9.18 Å². The van der Waals surface area contributed by atoms with Gasteiger partial charge in [0.15, 0.2) is 0 Å². The summed E-state index contributed by atoms with van der Waals surface area (Å²) in [4.78, 5) is 17.0. The fourth-order valence-corrected chi connectivity index (χ4v) is 2.48. The van der Waals surface area contributed by atoms with Crippen LogP contribution in [0, 0.1) is 5.82 Å². The molecule has 6 heteroatoms. The number of rotatable bonds is 3. The van der Waals surface area contributed by atoms with Gasteiger partial charge in [0, 0.05) is 22.5 Å². The molecule has 1 aromatic heterocycles. The maximum absolute atomic E-state index is 13.5. The molecule has 3 nitrogen and oxygen atoms in total. The lowest BCUT2D eigenvalue weighted by molar-refractivity contribution is 0.617. The summed E-state index contributed by atoms with van der Waals surface area (Å²) in [5.41, 5.74) is 0.00598. The quantitative estimate of drug-likeness (QED) is 0.689. The minimum atomic E-state index is -0.422. The van der Waals surface area contributed by atoms with Crippen molar-refractivity contribution in [3.05, 3.63) is 57.3 Å². The molecule has 0 aliphatic heterocycles. The summed E-state index contributed by atoms with van der Waals surface area (Å²) in [7, 11) is 0. The summed E-state index contributed by atoms with van der Waals surface area (Å²) in [6, 6.07) is 6.20. The minimum Gasteiger partial charge on any atom is -0.300 e. The molecule has 0 bridgehead atoms. The molecule has 0 unspecified atom stereocenters. The summed E-state index contributed by atoms with van der Waals surface area (Å²) in [5, 5.41) is 1.01. The number of nitrogens with one attached hydrogen (secondary N) is 1. The van der Waals surface area contributed by atoms with Crippen molar-refractivity contribution in [3.63, 3.8) is 0 Å². The van der Waals surface area contributed by atoms with E-state index in [4.69, 9.17) is 11.6 Å². The number of hydrogen-bond acceptors (Lipinski definition) is 3. The lowest BCUT2D eigenvalue weighted by atomic mass is 10.2. The number of thioether (sulfide) groups is 1. The standard InChI is InChI=1S/C11H8ClFN2OS/c12-8-2-1-3-9(13)7(8)6-17-10-4-5-14-11(16)15-10/h1-5H,6H2,(H,14,15,16). The lowest BCUT2D eigenvalue weighted by Crippen LogP contribution is -2.08. The molecule has 0 aliphatic carbocycles.